The van der Waals surface area contributed by atoms with Gasteiger partial charge >= 0.3 is 0 Å². The average Bonchev–Trinajstić information content (AvgIpc) is 2.52. The van der Waals surface area contributed by atoms with E-state index in [4.69, 9.17) is 10.5 Å². The number of carbonyl (C=O) groups is 1. The molecule has 1 aromatic rings. The Morgan fingerprint density at radius 1 is 1.41 bits per heavy atom. The summed E-state index contributed by atoms with van der Waals surface area (Å²) in [4.78, 5) is 14.5. The van der Waals surface area contributed by atoms with E-state index in [1.54, 1.807) is 0 Å². The van der Waals surface area contributed by atoms with E-state index in [1.165, 1.54) is 5.56 Å². The van der Waals surface area contributed by atoms with Crippen LogP contribution in [0.25, 0.3) is 0 Å². The van der Waals surface area contributed by atoms with Gasteiger partial charge in [-0.15, -0.1) is 12.4 Å². The maximum Gasteiger partial charge on any atom is 0.244 e. The van der Waals surface area contributed by atoms with Crippen molar-refractivity contribution in [2.75, 3.05) is 26.3 Å². The molecule has 1 heterocycles. The third kappa shape index (κ3) is 4.97. The number of hydrogen-bond donors (Lipinski definition) is 1. The van der Waals surface area contributed by atoms with Gasteiger partial charge in [0.1, 0.15) is 6.04 Å². The van der Waals surface area contributed by atoms with Crippen LogP contribution in [0.1, 0.15) is 36.9 Å². The predicted molar refractivity (Wildman–Crippen MR) is 91.2 cm³/mol. The second-order valence-electron chi connectivity index (χ2n) is 5.84. The minimum Gasteiger partial charge on any atom is -0.381 e. The van der Waals surface area contributed by atoms with Crippen LogP contribution >= 0.6 is 12.4 Å². The van der Waals surface area contributed by atoms with Gasteiger partial charge in [-0.05, 0) is 38.2 Å². The Balaban J connectivity index is 0.00000242. The van der Waals surface area contributed by atoms with Crippen LogP contribution in [0.3, 0.4) is 0 Å². The summed E-state index contributed by atoms with van der Waals surface area (Å²) in [6.45, 7) is 7.06. The maximum atomic E-state index is 12.6. The molecule has 2 unspecified atom stereocenters. The lowest BCUT2D eigenvalue weighted by atomic mass is 9.97. The van der Waals surface area contributed by atoms with Crippen molar-refractivity contribution in [2.45, 2.75) is 32.7 Å². The van der Waals surface area contributed by atoms with Crippen LogP contribution in [-0.2, 0) is 9.53 Å². The zero-order valence-electron chi connectivity index (χ0n) is 13.5. The minimum atomic E-state index is -0.559. The van der Waals surface area contributed by atoms with Crippen LogP contribution in [0.5, 0.6) is 0 Å². The molecule has 1 saturated heterocycles. The fourth-order valence-corrected chi connectivity index (χ4v) is 2.80. The number of hydrogen-bond acceptors (Lipinski definition) is 3. The number of piperidine rings is 1. The number of halogens is 1. The van der Waals surface area contributed by atoms with Gasteiger partial charge in [-0.25, -0.2) is 0 Å². The highest BCUT2D eigenvalue weighted by atomic mass is 35.5. The first-order valence-corrected chi connectivity index (χ1v) is 7.80. The Morgan fingerprint density at radius 2 is 2.09 bits per heavy atom. The summed E-state index contributed by atoms with van der Waals surface area (Å²) in [6, 6.07) is 7.32. The lowest BCUT2D eigenvalue weighted by Gasteiger charge is -2.34. The first-order valence-electron chi connectivity index (χ1n) is 7.80. The maximum absolute atomic E-state index is 12.6. The third-order valence-electron chi connectivity index (χ3n) is 4.09. The topological polar surface area (TPSA) is 55.6 Å². The van der Waals surface area contributed by atoms with E-state index in [0.29, 0.717) is 5.92 Å². The number of amides is 1. The molecule has 4 nitrogen and oxygen atoms in total. The molecule has 1 aromatic carbocycles. The summed E-state index contributed by atoms with van der Waals surface area (Å²) >= 11 is 0. The van der Waals surface area contributed by atoms with E-state index in [-0.39, 0.29) is 18.3 Å². The monoisotopic (exact) mass is 326 g/mol. The fourth-order valence-electron chi connectivity index (χ4n) is 2.80. The van der Waals surface area contributed by atoms with Gasteiger partial charge in [0.05, 0.1) is 6.61 Å². The highest BCUT2D eigenvalue weighted by molar-refractivity contribution is 5.85. The Bertz CT molecular complexity index is 464. The molecule has 124 valence electrons. The second kappa shape index (κ2) is 9.13. The van der Waals surface area contributed by atoms with E-state index < -0.39 is 6.04 Å². The number of aryl methyl sites for hydroxylation is 1. The van der Waals surface area contributed by atoms with Gasteiger partial charge in [0, 0.05) is 19.7 Å². The predicted octanol–water partition coefficient (Wildman–Crippen LogP) is 2.69. The Kier molecular flexibility index (Phi) is 7.87. The summed E-state index contributed by atoms with van der Waals surface area (Å²) in [5.74, 6) is 0.466. The summed E-state index contributed by atoms with van der Waals surface area (Å²) in [7, 11) is 0. The SMILES string of the molecule is CCOCC1CCCN(C(=O)C(N)c2ccc(C)cc2)C1.Cl. The van der Waals surface area contributed by atoms with Gasteiger partial charge in [0.2, 0.25) is 5.91 Å². The molecule has 0 aliphatic carbocycles. The first kappa shape index (κ1) is 18.9. The van der Waals surface area contributed by atoms with Gasteiger partial charge in [-0.3, -0.25) is 4.79 Å². The van der Waals surface area contributed by atoms with Crippen LogP contribution in [0.15, 0.2) is 24.3 Å². The van der Waals surface area contributed by atoms with E-state index in [9.17, 15) is 4.79 Å². The van der Waals surface area contributed by atoms with Gasteiger partial charge in [-0.1, -0.05) is 29.8 Å². The summed E-state index contributed by atoms with van der Waals surface area (Å²) in [5, 5.41) is 0. The molecule has 0 aromatic heterocycles. The molecule has 1 aliphatic rings. The van der Waals surface area contributed by atoms with Crippen LogP contribution in [0.2, 0.25) is 0 Å². The van der Waals surface area contributed by atoms with E-state index in [0.717, 1.165) is 44.7 Å². The number of ether oxygens (including phenoxy) is 1. The van der Waals surface area contributed by atoms with Crippen molar-refractivity contribution in [1.29, 1.82) is 0 Å². The molecular formula is C17H27ClN2O2. The minimum absolute atomic E-state index is 0. The van der Waals surface area contributed by atoms with E-state index in [1.807, 2.05) is 43.0 Å². The molecule has 0 radical (unpaired) electrons. The average molecular weight is 327 g/mol. The van der Waals surface area contributed by atoms with Crippen molar-refractivity contribution in [3.05, 3.63) is 35.4 Å². The largest absolute Gasteiger partial charge is 0.381 e. The number of benzene rings is 1. The Hall–Kier alpha value is -1.10. The highest BCUT2D eigenvalue weighted by Crippen LogP contribution is 2.21. The number of rotatable bonds is 5. The van der Waals surface area contributed by atoms with Crippen molar-refractivity contribution >= 4 is 18.3 Å². The van der Waals surface area contributed by atoms with Gasteiger partial charge in [0.25, 0.3) is 0 Å². The molecule has 2 N–H and O–H groups in total. The zero-order chi connectivity index (χ0) is 15.2. The van der Waals surface area contributed by atoms with Crippen LogP contribution in [-0.4, -0.2) is 37.1 Å². The number of nitrogens with zero attached hydrogens (tertiary/aromatic N) is 1. The molecule has 0 saturated carbocycles. The smallest absolute Gasteiger partial charge is 0.244 e. The third-order valence-corrected chi connectivity index (χ3v) is 4.09. The molecule has 22 heavy (non-hydrogen) atoms. The highest BCUT2D eigenvalue weighted by Gasteiger charge is 2.27. The van der Waals surface area contributed by atoms with Crippen molar-refractivity contribution in [3.8, 4) is 0 Å². The Morgan fingerprint density at radius 3 is 2.73 bits per heavy atom. The van der Waals surface area contributed by atoms with Gasteiger partial charge in [0.15, 0.2) is 0 Å². The lowest BCUT2D eigenvalue weighted by molar-refractivity contribution is -0.135. The molecule has 2 rings (SSSR count). The lowest BCUT2D eigenvalue weighted by Crippen LogP contribution is -2.45. The van der Waals surface area contributed by atoms with E-state index >= 15 is 0 Å². The molecule has 5 heteroatoms. The molecule has 0 bridgehead atoms. The van der Waals surface area contributed by atoms with Crippen LogP contribution in [0, 0.1) is 12.8 Å². The van der Waals surface area contributed by atoms with Gasteiger partial charge < -0.3 is 15.4 Å². The molecule has 2 atom stereocenters. The summed E-state index contributed by atoms with van der Waals surface area (Å²) in [6.07, 6.45) is 2.16. The molecule has 1 aliphatic heterocycles. The molecular weight excluding hydrogens is 300 g/mol. The molecule has 0 spiro atoms. The number of likely N-dealkylation sites (tertiary alicyclic amines) is 1. The second-order valence-corrected chi connectivity index (χ2v) is 5.84. The molecule has 1 fully saturated rings. The quantitative estimate of drug-likeness (QED) is 0.905. The van der Waals surface area contributed by atoms with Crippen molar-refractivity contribution in [2.24, 2.45) is 11.7 Å². The normalized spacial score (nSPS) is 19.4. The molecule has 1 amide bonds. The standard InChI is InChI=1S/C17H26N2O2.ClH/c1-3-21-12-14-5-4-10-19(11-14)17(20)16(18)15-8-6-13(2)7-9-15;/h6-9,14,16H,3-5,10-12,18H2,1-2H3;1H. The summed E-state index contributed by atoms with van der Waals surface area (Å²) in [5.41, 5.74) is 8.20. The van der Waals surface area contributed by atoms with Crippen molar-refractivity contribution in [3.63, 3.8) is 0 Å². The fraction of sp³-hybridized carbons (Fsp3) is 0.588. The van der Waals surface area contributed by atoms with Crippen molar-refractivity contribution < 1.29 is 9.53 Å². The first-order chi connectivity index (χ1) is 10.1. The number of carbonyl (C=O) groups excluding carboxylic acids is 1. The number of nitrogens with two attached hydrogens (primary N) is 1. The Labute approximate surface area is 139 Å². The zero-order valence-corrected chi connectivity index (χ0v) is 14.3. The van der Waals surface area contributed by atoms with Crippen LogP contribution < -0.4 is 5.73 Å². The van der Waals surface area contributed by atoms with Crippen LogP contribution in [0.4, 0.5) is 0 Å². The van der Waals surface area contributed by atoms with E-state index in [2.05, 4.69) is 0 Å². The van der Waals surface area contributed by atoms with Crippen molar-refractivity contribution in [1.82, 2.24) is 4.90 Å². The van der Waals surface area contributed by atoms with Gasteiger partial charge in [-0.2, -0.15) is 0 Å². The summed E-state index contributed by atoms with van der Waals surface area (Å²) < 4.78 is 5.49.